The van der Waals surface area contributed by atoms with Crippen molar-refractivity contribution in [3.63, 3.8) is 0 Å². The third-order valence-corrected chi connectivity index (χ3v) is 5.85. The molecule has 6 nitrogen and oxygen atoms in total. The Morgan fingerprint density at radius 1 is 1.11 bits per heavy atom. The van der Waals surface area contributed by atoms with Crippen molar-refractivity contribution in [2.24, 2.45) is 7.05 Å². The minimum absolute atomic E-state index is 0.0136. The molecule has 38 heavy (non-hydrogen) atoms. The quantitative estimate of drug-likeness (QED) is 0.236. The van der Waals surface area contributed by atoms with Crippen LogP contribution in [0.4, 0.5) is 18.9 Å². The van der Waals surface area contributed by atoms with Crippen LogP contribution in [0, 0.1) is 0 Å². The van der Waals surface area contributed by atoms with Crippen LogP contribution in [-0.2, 0) is 11.8 Å². The number of halogens is 3. The lowest BCUT2D eigenvalue weighted by Gasteiger charge is -2.09. The lowest BCUT2D eigenvalue weighted by Crippen LogP contribution is -2.11. The lowest BCUT2D eigenvalue weighted by atomic mass is 10.1. The Balaban J connectivity index is 0.000000247. The van der Waals surface area contributed by atoms with E-state index >= 15 is 0 Å². The number of rotatable bonds is 6. The zero-order chi connectivity index (χ0) is 27.9. The van der Waals surface area contributed by atoms with Crippen LogP contribution in [0.1, 0.15) is 13.3 Å². The number of pyridine rings is 1. The molecule has 0 aliphatic rings. The van der Waals surface area contributed by atoms with E-state index in [1.807, 2.05) is 56.7 Å². The summed E-state index contributed by atoms with van der Waals surface area (Å²) in [4.78, 5) is 27.7. The highest BCUT2D eigenvalue weighted by atomic mass is 19.4. The van der Waals surface area contributed by atoms with Crippen molar-refractivity contribution in [2.45, 2.75) is 19.5 Å². The molecule has 196 valence electrons. The Labute approximate surface area is 217 Å². The summed E-state index contributed by atoms with van der Waals surface area (Å²) in [5.41, 5.74) is 2.63. The number of allylic oxidation sites excluding steroid dienone is 5. The molecule has 0 saturated carbocycles. The Morgan fingerprint density at radius 3 is 2.45 bits per heavy atom. The second-order valence-electron chi connectivity index (χ2n) is 8.39. The standard InChI is InChI=1S/C19H16N4O.C10H11F3O/c1-20-15-5-3-12-4-6-18-17(19(24)16(12)8-15)7-13(9-21-18)14-10-22-23(2)11-14;1-3-4-5-9(6-7-14)8(2)10(11,12)13/h3-11,20H,1-2H3;3-5,7H,1,6H2,2H3/b;5-4-,9-8-. The first kappa shape index (κ1) is 28.0. The highest BCUT2D eigenvalue weighted by Gasteiger charge is 2.31. The van der Waals surface area contributed by atoms with Crippen LogP contribution in [0.3, 0.4) is 0 Å². The van der Waals surface area contributed by atoms with Gasteiger partial charge in [-0.3, -0.25) is 14.5 Å². The molecule has 2 heterocycles. The topological polar surface area (TPSA) is 76.9 Å². The molecule has 4 aromatic rings. The van der Waals surface area contributed by atoms with E-state index in [0.717, 1.165) is 29.1 Å². The van der Waals surface area contributed by atoms with E-state index in [1.165, 1.54) is 18.2 Å². The van der Waals surface area contributed by atoms with Gasteiger partial charge in [0.1, 0.15) is 6.29 Å². The second kappa shape index (κ2) is 12.1. The fraction of sp³-hybridized carbons (Fsp3) is 0.172. The predicted octanol–water partition coefficient (Wildman–Crippen LogP) is 6.39. The number of carbonyl (C=O) groups is 1. The van der Waals surface area contributed by atoms with E-state index < -0.39 is 11.7 Å². The lowest BCUT2D eigenvalue weighted by molar-refractivity contribution is -0.107. The maximum Gasteiger partial charge on any atom is 0.412 e. The number of hydrogen-bond donors (Lipinski definition) is 1. The van der Waals surface area contributed by atoms with E-state index in [1.54, 1.807) is 17.1 Å². The summed E-state index contributed by atoms with van der Waals surface area (Å²) in [6.45, 7) is 4.29. The number of alkyl halides is 3. The summed E-state index contributed by atoms with van der Waals surface area (Å²) in [5.74, 6) is 0. The van der Waals surface area contributed by atoms with Crippen LogP contribution >= 0.6 is 0 Å². The van der Waals surface area contributed by atoms with Crippen LogP contribution in [-0.4, -0.2) is 34.3 Å². The largest absolute Gasteiger partial charge is 0.412 e. The van der Waals surface area contributed by atoms with E-state index in [4.69, 9.17) is 0 Å². The fourth-order valence-corrected chi connectivity index (χ4v) is 3.69. The molecule has 0 saturated heterocycles. The van der Waals surface area contributed by atoms with Crippen molar-refractivity contribution in [2.75, 3.05) is 12.4 Å². The van der Waals surface area contributed by atoms with Gasteiger partial charge in [-0.1, -0.05) is 36.9 Å². The number of anilines is 1. The number of aryl methyl sites for hydroxylation is 1. The van der Waals surface area contributed by atoms with Crippen LogP contribution in [0.5, 0.6) is 0 Å². The minimum atomic E-state index is -4.39. The van der Waals surface area contributed by atoms with E-state index in [0.29, 0.717) is 22.6 Å². The molecule has 0 radical (unpaired) electrons. The molecule has 9 heteroatoms. The molecule has 0 amide bonds. The van der Waals surface area contributed by atoms with E-state index in [9.17, 15) is 22.8 Å². The molecule has 0 spiro atoms. The maximum atomic E-state index is 13.1. The van der Waals surface area contributed by atoms with Crippen LogP contribution in [0.25, 0.3) is 32.8 Å². The Bertz CT molecular complexity index is 1600. The van der Waals surface area contributed by atoms with Gasteiger partial charge in [-0.15, -0.1) is 0 Å². The highest BCUT2D eigenvalue weighted by Crippen LogP contribution is 2.29. The third-order valence-electron chi connectivity index (χ3n) is 5.85. The van der Waals surface area contributed by atoms with Gasteiger partial charge in [-0.25, -0.2) is 0 Å². The van der Waals surface area contributed by atoms with Crippen molar-refractivity contribution in [1.82, 2.24) is 14.8 Å². The average molecular weight is 521 g/mol. The number of benzene rings is 1. The van der Waals surface area contributed by atoms with Gasteiger partial charge < -0.3 is 10.1 Å². The number of hydrogen-bond acceptors (Lipinski definition) is 5. The molecule has 0 aliphatic carbocycles. The molecule has 0 atom stereocenters. The van der Waals surface area contributed by atoms with Crippen molar-refractivity contribution < 1.29 is 18.0 Å². The summed E-state index contributed by atoms with van der Waals surface area (Å²) in [7, 11) is 3.71. The normalized spacial score (nSPS) is 12.2. The number of carbonyl (C=O) groups excluding carboxylic acids is 1. The zero-order valence-electron chi connectivity index (χ0n) is 21.2. The Kier molecular flexibility index (Phi) is 8.96. The summed E-state index contributed by atoms with van der Waals surface area (Å²) in [5, 5.41) is 9.46. The van der Waals surface area contributed by atoms with Gasteiger partial charge in [0.05, 0.1) is 11.7 Å². The smallest absolute Gasteiger partial charge is 0.388 e. The minimum Gasteiger partial charge on any atom is -0.388 e. The fourth-order valence-electron chi connectivity index (χ4n) is 3.69. The number of nitrogens with zero attached hydrogens (tertiary/aromatic N) is 3. The van der Waals surface area contributed by atoms with Gasteiger partial charge in [0, 0.05) is 66.1 Å². The van der Waals surface area contributed by atoms with Gasteiger partial charge >= 0.3 is 6.18 Å². The summed E-state index contributed by atoms with van der Waals surface area (Å²) in [6, 6.07) is 11.5. The van der Waals surface area contributed by atoms with Crippen LogP contribution in [0.2, 0.25) is 0 Å². The number of fused-ring (bicyclic) bond motifs is 2. The summed E-state index contributed by atoms with van der Waals surface area (Å²) >= 11 is 0. The number of aromatic nitrogens is 3. The Hall–Kier alpha value is -4.53. The first-order valence-corrected chi connectivity index (χ1v) is 11.6. The maximum absolute atomic E-state index is 13.1. The molecule has 0 bridgehead atoms. The SMILES string of the molecule is C=C/C=C\C(CC=O)=C(/C)C(F)(F)F.CNc1ccc2ccc3ncc(-c4cnn(C)c4)cc3c(=O)c2c1. The first-order chi connectivity index (χ1) is 18.1. The third kappa shape index (κ3) is 6.61. The monoisotopic (exact) mass is 520 g/mol. The zero-order valence-corrected chi connectivity index (χ0v) is 21.2. The molecule has 0 fully saturated rings. The number of aldehydes is 1. The molecule has 2 aromatic heterocycles. The average Bonchev–Trinajstić information content (AvgIpc) is 3.29. The van der Waals surface area contributed by atoms with Crippen molar-refractivity contribution in [3.8, 4) is 11.1 Å². The van der Waals surface area contributed by atoms with Crippen molar-refractivity contribution in [3.05, 3.63) is 101 Å². The highest BCUT2D eigenvalue weighted by molar-refractivity contribution is 5.94. The van der Waals surface area contributed by atoms with Gasteiger partial charge in [-0.2, -0.15) is 18.3 Å². The van der Waals surface area contributed by atoms with Gasteiger partial charge in [-0.05, 0) is 42.1 Å². The summed E-state index contributed by atoms with van der Waals surface area (Å²) in [6.07, 6.45) is 5.24. The molecule has 0 aliphatic heterocycles. The van der Waals surface area contributed by atoms with Crippen molar-refractivity contribution in [1.29, 1.82) is 0 Å². The molecular formula is C29H27F3N4O2. The number of nitrogens with one attached hydrogen (secondary N) is 1. The summed E-state index contributed by atoms with van der Waals surface area (Å²) < 4.78 is 38.4. The predicted molar refractivity (Wildman–Crippen MR) is 146 cm³/mol. The van der Waals surface area contributed by atoms with Gasteiger partial charge in [0.15, 0.2) is 5.43 Å². The van der Waals surface area contributed by atoms with Gasteiger partial charge in [0.2, 0.25) is 0 Å². The molecular weight excluding hydrogens is 493 g/mol. The Morgan fingerprint density at radius 2 is 1.84 bits per heavy atom. The second-order valence-corrected chi connectivity index (χ2v) is 8.39. The first-order valence-electron chi connectivity index (χ1n) is 11.6. The molecule has 4 rings (SSSR count). The van der Waals surface area contributed by atoms with Crippen molar-refractivity contribution >= 4 is 33.6 Å². The van der Waals surface area contributed by atoms with Crippen LogP contribution in [0.15, 0.2) is 95.7 Å². The van der Waals surface area contributed by atoms with Crippen LogP contribution < -0.4 is 10.7 Å². The van der Waals surface area contributed by atoms with E-state index in [-0.39, 0.29) is 17.4 Å². The molecule has 1 N–H and O–H groups in total. The van der Waals surface area contributed by atoms with E-state index in [2.05, 4.69) is 22.0 Å². The molecule has 0 unspecified atom stereocenters. The van der Waals surface area contributed by atoms with Gasteiger partial charge in [0.25, 0.3) is 0 Å². The molecule has 2 aromatic carbocycles.